The molecule has 14 heteroatoms. The van der Waals surface area contributed by atoms with E-state index in [-0.39, 0.29) is 22.4 Å². The van der Waals surface area contributed by atoms with Crippen molar-refractivity contribution in [2.75, 3.05) is 18.5 Å². The molecule has 0 atom stereocenters. The number of hydrogen-bond donors (Lipinski definition) is 0. The molecule has 0 N–H and O–H groups in total. The number of alkyl halides is 3. The Balaban J connectivity index is 1.99. The maximum Gasteiger partial charge on any atom is 0.435 e. The van der Waals surface area contributed by atoms with Gasteiger partial charge >= 0.3 is 12.1 Å². The Morgan fingerprint density at radius 1 is 1.29 bits per heavy atom. The van der Waals surface area contributed by atoms with Crippen molar-refractivity contribution in [1.82, 2.24) is 19.1 Å². The number of carbonyl (C=O) groups is 1. The van der Waals surface area contributed by atoms with Gasteiger partial charge in [-0.3, -0.25) is 4.79 Å². The number of esters is 1. The molecule has 2 heterocycles. The van der Waals surface area contributed by atoms with E-state index in [0.29, 0.717) is 10.6 Å². The van der Waals surface area contributed by atoms with E-state index in [1.165, 1.54) is 30.0 Å². The quantitative estimate of drug-likeness (QED) is 0.365. The Bertz CT molecular complexity index is 1210. The van der Waals surface area contributed by atoms with Crippen molar-refractivity contribution in [2.24, 2.45) is 0 Å². The zero-order chi connectivity index (χ0) is 22.8. The van der Waals surface area contributed by atoms with Gasteiger partial charge in [-0.25, -0.2) is 18.1 Å². The first kappa shape index (κ1) is 23.2. The summed E-state index contributed by atoms with van der Waals surface area (Å²) in [6.45, 7) is -0.552. The number of hydrogen-bond acceptors (Lipinski definition) is 9. The van der Waals surface area contributed by atoms with Crippen LogP contribution in [0.5, 0.6) is 0 Å². The molecule has 3 rings (SSSR count). The van der Waals surface area contributed by atoms with Gasteiger partial charge in [-0.05, 0) is 36.0 Å². The minimum Gasteiger partial charge on any atom is -0.453 e. The molecule has 0 spiro atoms. The molecule has 0 saturated carbocycles. The highest BCUT2D eigenvalue weighted by Gasteiger charge is 2.36. The zero-order valence-electron chi connectivity index (χ0n) is 16.1. The van der Waals surface area contributed by atoms with Gasteiger partial charge in [0, 0.05) is 11.8 Å². The second-order valence-electron chi connectivity index (χ2n) is 6.22. The molecule has 2 aromatic heterocycles. The van der Waals surface area contributed by atoms with Gasteiger partial charge in [0.15, 0.2) is 21.4 Å². The first-order valence-electron chi connectivity index (χ1n) is 8.43. The summed E-state index contributed by atoms with van der Waals surface area (Å²) in [5, 5.41) is 3.76. The first-order valence-corrected chi connectivity index (χ1v) is 12.5. The molecule has 0 bridgehead atoms. The molecule has 0 radical (unpaired) electrons. The maximum atomic E-state index is 13.2. The van der Waals surface area contributed by atoms with Crippen LogP contribution in [0, 0.1) is 0 Å². The third-order valence-electron chi connectivity index (χ3n) is 3.85. The van der Waals surface area contributed by atoms with E-state index in [4.69, 9.17) is 4.74 Å². The van der Waals surface area contributed by atoms with E-state index in [1.54, 1.807) is 12.3 Å². The average Bonchev–Trinajstić information content (AvgIpc) is 3.32. The first-order chi connectivity index (χ1) is 14.5. The monoisotopic (exact) mass is 492 g/mol. The second kappa shape index (κ2) is 8.96. The summed E-state index contributed by atoms with van der Waals surface area (Å²) in [5.74, 6) is -0.786. The van der Waals surface area contributed by atoms with Crippen molar-refractivity contribution in [1.29, 1.82) is 0 Å². The third-order valence-corrected chi connectivity index (χ3v) is 6.08. The molecule has 0 amide bonds. The summed E-state index contributed by atoms with van der Waals surface area (Å²) in [6.07, 6.45) is -1.97. The fourth-order valence-electron chi connectivity index (χ4n) is 2.45. The van der Waals surface area contributed by atoms with Crippen LogP contribution in [0.25, 0.3) is 22.1 Å². The molecular weight excluding hydrogens is 477 g/mol. The van der Waals surface area contributed by atoms with Gasteiger partial charge in [0.2, 0.25) is 0 Å². The predicted molar refractivity (Wildman–Crippen MR) is 109 cm³/mol. The molecule has 0 unspecified atom stereocenters. The van der Waals surface area contributed by atoms with Crippen molar-refractivity contribution >= 4 is 39.1 Å². The predicted octanol–water partition coefficient (Wildman–Crippen LogP) is 3.35. The molecule has 1 aromatic carbocycles. The van der Waals surface area contributed by atoms with Crippen LogP contribution >= 0.6 is 23.3 Å². The Kier molecular flexibility index (Phi) is 6.71. The lowest BCUT2D eigenvalue weighted by Crippen LogP contribution is -2.16. The van der Waals surface area contributed by atoms with E-state index in [0.717, 1.165) is 28.5 Å². The molecule has 0 aliphatic heterocycles. The maximum absolute atomic E-state index is 13.2. The van der Waals surface area contributed by atoms with Crippen LogP contribution in [0.4, 0.5) is 13.2 Å². The van der Waals surface area contributed by atoms with Gasteiger partial charge in [-0.2, -0.15) is 22.6 Å². The Morgan fingerprint density at radius 3 is 2.68 bits per heavy atom. The summed E-state index contributed by atoms with van der Waals surface area (Å²) in [7, 11) is -3.46. The number of halogens is 3. The van der Waals surface area contributed by atoms with Crippen LogP contribution < -0.4 is 0 Å². The van der Waals surface area contributed by atoms with Gasteiger partial charge in [0.05, 0.1) is 4.90 Å². The number of rotatable bonds is 7. The number of nitrogens with zero attached hydrogens (tertiary/aromatic N) is 4. The fraction of sp³-hybridized carbons (Fsp3) is 0.294. The number of aromatic nitrogens is 4. The highest BCUT2D eigenvalue weighted by Crippen LogP contribution is 2.33. The zero-order valence-corrected chi connectivity index (χ0v) is 18.5. The summed E-state index contributed by atoms with van der Waals surface area (Å²) < 4.78 is 72.9. The standard InChI is InChI=1S/C17H15F3N4O4S3/c1-29-9-28-14(25)8-24-12(7-13(22-24)17(18,19)20)15-21-16(30-23-15)10-4-3-5-11(6-10)31(2,26)27/h3-7H,8-9H2,1-2H3. The molecule has 0 fully saturated rings. The van der Waals surface area contributed by atoms with Crippen LogP contribution in [0.3, 0.4) is 0 Å². The SMILES string of the molecule is CSCOC(=O)Cn1nc(C(F)(F)F)cc1-c1nsc(-c2cccc(S(C)(=O)=O)c2)n1. The number of benzene rings is 1. The topological polar surface area (TPSA) is 104 Å². The largest absolute Gasteiger partial charge is 0.453 e. The summed E-state index contributed by atoms with van der Waals surface area (Å²) in [4.78, 5) is 16.2. The van der Waals surface area contributed by atoms with Crippen LogP contribution in [0.1, 0.15) is 5.69 Å². The smallest absolute Gasteiger partial charge is 0.435 e. The van der Waals surface area contributed by atoms with Crippen LogP contribution in [-0.4, -0.2) is 52.0 Å². The second-order valence-corrected chi connectivity index (χ2v) is 9.80. The minimum atomic E-state index is -4.73. The van der Waals surface area contributed by atoms with Crippen LogP contribution in [0.2, 0.25) is 0 Å². The van der Waals surface area contributed by atoms with Gasteiger partial charge in [0.1, 0.15) is 23.2 Å². The highest BCUT2D eigenvalue weighted by atomic mass is 32.2. The molecular formula is C17H15F3N4O4S3. The van der Waals surface area contributed by atoms with E-state index in [2.05, 4.69) is 14.5 Å². The van der Waals surface area contributed by atoms with Crippen molar-refractivity contribution in [3.05, 3.63) is 36.0 Å². The molecule has 3 aromatic rings. The number of thioether (sulfide) groups is 1. The normalized spacial score (nSPS) is 12.2. The fourth-order valence-corrected chi connectivity index (χ4v) is 4.04. The molecule has 0 aliphatic carbocycles. The summed E-state index contributed by atoms with van der Waals surface area (Å²) in [5.41, 5.74) is -0.876. The summed E-state index contributed by atoms with van der Waals surface area (Å²) >= 11 is 2.11. The van der Waals surface area contributed by atoms with E-state index in [9.17, 15) is 26.4 Å². The lowest BCUT2D eigenvalue weighted by atomic mass is 10.2. The average molecular weight is 493 g/mol. The van der Waals surface area contributed by atoms with Crippen molar-refractivity contribution < 1.29 is 31.1 Å². The van der Waals surface area contributed by atoms with E-state index >= 15 is 0 Å². The van der Waals surface area contributed by atoms with Crippen LogP contribution in [0.15, 0.2) is 35.2 Å². The molecule has 31 heavy (non-hydrogen) atoms. The Hall–Kier alpha value is -2.45. The third kappa shape index (κ3) is 5.62. The van der Waals surface area contributed by atoms with Gasteiger partial charge in [0.25, 0.3) is 0 Å². The molecule has 8 nitrogen and oxygen atoms in total. The molecule has 166 valence electrons. The highest BCUT2D eigenvalue weighted by molar-refractivity contribution is 7.98. The Morgan fingerprint density at radius 2 is 2.03 bits per heavy atom. The number of ether oxygens (including phenoxy) is 1. The van der Waals surface area contributed by atoms with Gasteiger partial charge in [-0.1, -0.05) is 12.1 Å². The molecule has 0 saturated heterocycles. The Labute approximate surface area is 183 Å². The minimum absolute atomic E-state index is 0.0529. The van der Waals surface area contributed by atoms with E-state index in [1.807, 2.05) is 0 Å². The number of sulfone groups is 1. The molecule has 0 aliphatic rings. The number of carbonyl (C=O) groups excluding carboxylic acids is 1. The van der Waals surface area contributed by atoms with Gasteiger partial charge < -0.3 is 4.74 Å². The van der Waals surface area contributed by atoms with Gasteiger partial charge in [-0.15, -0.1) is 11.8 Å². The van der Waals surface area contributed by atoms with Crippen molar-refractivity contribution in [3.8, 4) is 22.1 Å². The van der Waals surface area contributed by atoms with E-state index < -0.39 is 34.2 Å². The van der Waals surface area contributed by atoms with Crippen molar-refractivity contribution in [2.45, 2.75) is 17.6 Å². The lowest BCUT2D eigenvalue weighted by Gasteiger charge is -2.05. The van der Waals surface area contributed by atoms with Crippen LogP contribution in [-0.2, 0) is 32.1 Å². The summed E-state index contributed by atoms with van der Waals surface area (Å²) in [6, 6.07) is 6.71. The lowest BCUT2D eigenvalue weighted by molar-refractivity contribution is -0.144. The van der Waals surface area contributed by atoms with Crippen molar-refractivity contribution in [3.63, 3.8) is 0 Å².